The van der Waals surface area contributed by atoms with Crippen molar-refractivity contribution in [2.24, 2.45) is 0 Å². The second kappa shape index (κ2) is 5.64. The number of benzene rings is 1. The smallest absolute Gasteiger partial charge is 0.259 e. The van der Waals surface area contributed by atoms with Crippen molar-refractivity contribution in [1.29, 1.82) is 5.26 Å². The Bertz CT molecular complexity index is 483. The third-order valence-electron chi connectivity index (χ3n) is 2.02. The van der Waals surface area contributed by atoms with Crippen molar-refractivity contribution in [2.75, 3.05) is 20.7 Å². The van der Waals surface area contributed by atoms with Gasteiger partial charge in [-0.15, -0.1) is 0 Å². The monoisotopic (exact) mass is 300 g/mol. The van der Waals surface area contributed by atoms with E-state index in [1.165, 1.54) is 17.0 Å². The van der Waals surface area contributed by atoms with Gasteiger partial charge in [-0.1, -0.05) is 0 Å². The highest BCUT2D eigenvalue weighted by molar-refractivity contribution is 9.10. The first kappa shape index (κ1) is 13.5. The average molecular weight is 301 g/mol. The Balaban J connectivity index is 2.84. The molecule has 0 unspecified atom stereocenters. The number of likely N-dealkylation sites (N-methyl/N-ethyl adjacent to an activating group) is 1. The van der Waals surface area contributed by atoms with Gasteiger partial charge in [0, 0.05) is 14.1 Å². The summed E-state index contributed by atoms with van der Waals surface area (Å²) >= 11 is 2.95. The topological polar surface area (TPSA) is 53.3 Å². The molecule has 0 aromatic heterocycles. The molecular weight excluding hydrogens is 291 g/mol. The highest BCUT2D eigenvalue weighted by atomic mass is 79.9. The van der Waals surface area contributed by atoms with Crippen LogP contribution in [0.4, 0.5) is 4.39 Å². The zero-order chi connectivity index (χ0) is 13.0. The van der Waals surface area contributed by atoms with Crippen LogP contribution in [0.5, 0.6) is 5.75 Å². The highest BCUT2D eigenvalue weighted by Gasteiger charge is 2.13. The molecule has 1 aromatic rings. The number of nitrogens with zero attached hydrogens (tertiary/aromatic N) is 2. The molecule has 0 spiro atoms. The van der Waals surface area contributed by atoms with E-state index in [9.17, 15) is 9.18 Å². The van der Waals surface area contributed by atoms with E-state index in [1.54, 1.807) is 14.1 Å². The first-order valence-corrected chi connectivity index (χ1v) is 5.47. The fourth-order valence-electron chi connectivity index (χ4n) is 0.998. The third kappa shape index (κ3) is 3.17. The molecule has 0 heterocycles. The lowest BCUT2D eigenvalue weighted by Crippen LogP contribution is -2.27. The molecule has 0 aliphatic rings. The van der Waals surface area contributed by atoms with Crippen molar-refractivity contribution in [3.63, 3.8) is 0 Å². The summed E-state index contributed by atoms with van der Waals surface area (Å²) in [6.45, 7) is -0.248. The number of halogens is 2. The van der Waals surface area contributed by atoms with E-state index in [4.69, 9.17) is 10.00 Å². The number of rotatable bonds is 3. The Hall–Kier alpha value is -1.61. The van der Waals surface area contributed by atoms with Gasteiger partial charge in [0.05, 0.1) is 10.0 Å². The summed E-state index contributed by atoms with van der Waals surface area (Å²) in [6, 6.07) is 4.57. The zero-order valence-electron chi connectivity index (χ0n) is 9.33. The summed E-state index contributed by atoms with van der Waals surface area (Å²) in [5.41, 5.74) is 0.175. The molecule has 0 aliphatic carbocycles. The Morgan fingerprint density at radius 1 is 1.59 bits per heavy atom. The third-order valence-corrected chi connectivity index (χ3v) is 2.79. The van der Waals surface area contributed by atoms with Crippen LogP contribution in [0.3, 0.4) is 0 Å². The minimum Gasteiger partial charge on any atom is -0.481 e. The maximum Gasteiger partial charge on any atom is 0.259 e. The predicted octanol–water partition coefficient (Wildman–Crippen LogP) is 1.93. The number of carbonyl (C=O) groups excluding carboxylic acids is 1. The minimum absolute atomic E-state index is 0.0369. The quantitative estimate of drug-likeness (QED) is 0.857. The number of amides is 1. The highest BCUT2D eigenvalue weighted by Crippen LogP contribution is 2.28. The summed E-state index contributed by atoms with van der Waals surface area (Å²) in [5, 5.41) is 8.68. The van der Waals surface area contributed by atoms with Gasteiger partial charge < -0.3 is 9.64 Å². The molecule has 0 saturated carbocycles. The Labute approximate surface area is 107 Å². The minimum atomic E-state index is -0.685. The number of carbonyl (C=O) groups is 1. The molecule has 0 radical (unpaired) electrons. The van der Waals surface area contributed by atoms with E-state index in [2.05, 4.69) is 15.9 Å². The summed E-state index contributed by atoms with van der Waals surface area (Å²) in [6.07, 6.45) is 0. The Morgan fingerprint density at radius 2 is 2.24 bits per heavy atom. The maximum atomic E-state index is 13.7. The molecule has 1 rings (SSSR count). The fraction of sp³-hybridized carbons (Fsp3) is 0.273. The van der Waals surface area contributed by atoms with Gasteiger partial charge in [-0.05, 0) is 28.1 Å². The normalized spacial score (nSPS) is 9.59. The van der Waals surface area contributed by atoms with Gasteiger partial charge in [-0.25, -0.2) is 4.39 Å². The number of hydrogen-bond donors (Lipinski definition) is 0. The largest absolute Gasteiger partial charge is 0.481 e. The van der Waals surface area contributed by atoms with Gasteiger partial charge in [0.15, 0.2) is 18.2 Å². The molecule has 0 bridgehead atoms. The Morgan fingerprint density at radius 3 is 2.76 bits per heavy atom. The van der Waals surface area contributed by atoms with E-state index in [0.717, 1.165) is 0 Å². The van der Waals surface area contributed by atoms with Crippen LogP contribution in [-0.2, 0) is 4.79 Å². The second-order valence-electron chi connectivity index (χ2n) is 3.43. The van der Waals surface area contributed by atoms with Crippen molar-refractivity contribution in [1.82, 2.24) is 4.90 Å². The molecule has 4 nitrogen and oxygen atoms in total. The van der Waals surface area contributed by atoms with E-state index >= 15 is 0 Å². The van der Waals surface area contributed by atoms with Crippen molar-refractivity contribution >= 4 is 21.8 Å². The summed E-state index contributed by atoms with van der Waals surface area (Å²) in [7, 11) is 3.16. The fourth-order valence-corrected chi connectivity index (χ4v) is 1.41. The first-order valence-electron chi connectivity index (χ1n) is 4.68. The molecule has 0 fully saturated rings. The van der Waals surface area contributed by atoms with Gasteiger partial charge in [0.25, 0.3) is 5.91 Å². The Kier molecular flexibility index (Phi) is 4.46. The van der Waals surface area contributed by atoms with Crippen LogP contribution in [0.25, 0.3) is 0 Å². The van der Waals surface area contributed by atoms with Crippen LogP contribution in [0.2, 0.25) is 0 Å². The van der Waals surface area contributed by atoms with Crippen LogP contribution in [-0.4, -0.2) is 31.5 Å². The average Bonchev–Trinajstić information content (AvgIpc) is 2.30. The second-order valence-corrected chi connectivity index (χ2v) is 4.22. The lowest BCUT2D eigenvalue weighted by atomic mass is 10.2. The molecule has 0 N–H and O–H groups in total. The van der Waals surface area contributed by atoms with E-state index in [-0.39, 0.29) is 28.3 Å². The molecule has 0 atom stereocenters. The molecule has 1 aromatic carbocycles. The zero-order valence-corrected chi connectivity index (χ0v) is 10.9. The predicted molar refractivity (Wildman–Crippen MR) is 63.0 cm³/mol. The SMILES string of the molecule is CN(C)C(=O)COc1ccc(C#N)c(Br)c1F. The lowest BCUT2D eigenvalue weighted by molar-refractivity contribution is -0.130. The van der Waals surface area contributed by atoms with Crippen molar-refractivity contribution < 1.29 is 13.9 Å². The van der Waals surface area contributed by atoms with Gasteiger partial charge >= 0.3 is 0 Å². The van der Waals surface area contributed by atoms with Crippen LogP contribution >= 0.6 is 15.9 Å². The van der Waals surface area contributed by atoms with Crippen LogP contribution < -0.4 is 4.74 Å². The van der Waals surface area contributed by atoms with E-state index in [1.807, 2.05) is 6.07 Å². The molecular formula is C11H10BrFN2O2. The first-order chi connectivity index (χ1) is 7.97. The standard InChI is InChI=1S/C11H10BrFN2O2/c1-15(2)9(16)6-17-8-4-3-7(5-14)10(12)11(8)13/h3-4H,6H2,1-2H3. The molecule has 90 valence electrons. The van der Waals surface area contributed by atoms with Crippen molar-refractivity contribution in [3.05, 3.63) is 28.0 Å². The molecule has 0 aliphatic heterocycles. The van der Waals surface area contributed by atoms with Gasteiger partial charge in [-0.2, -0.15) is 5.26 Å². The number of ether oxygens (including phenoxy) is 1. The van der Waals surface area contributed by atoms with Crippen LogP contribution in [0, 0.1) is 17.1 Å². The summed E-state index contributed by atoms with van der Waals surface area (Å²) < 4.78 is 18.7. The number of hydrogen-bond acceptors (Lipinski definition) is 3. The summed E-state index contributed by atoms with van der Waals surface area (Å²) in [5.74, 6) is -1.02. The number of nitriles is 1. The molecule has 6 heteroatoms. The molecule has 17 heavy (non-hydrogen) atoms. The van der Waals surface area contributed by atoms with Gasteiger partial charge in [0.2, 0.25) is 0 Å². The molecule has 1 amide bonds. The van der Waals surface area contributed by atoms with E-state index in [0.29, 0.717) is 0 Å². The van der Waals surface area contributed by atoms with E-state index < -0.39 is 5.82 Å². The van der Waals surface area contributed by atoms with Gasteiger partial charge in [-0.3, -0.25) is 4.79 Å². The van der Waals surface area contributed by atoms with Gasteiger partial charge in [0.1, 0.15) is 6.07 Å². The van der Waals surface area contributed by atoms with Crippen LogP contribution in [0.15, 0.2) is 16.6 Å². The van der Waals surface area contributed by atoms with Crippen molar-refractivity contribution in [2.45, 2.75) is 0 Å². The molecule has 0 saturated heterocycles. The lowest BCUT2D eigenvalue weighted by Gasteiger charge is -2.12. The summed E-state index contributed by atoms with van der Waals surface area (Å²) in [4.78, 5) is 12.6. The maximum absolute atomic E-state index is 13.7. The van der Waals surface area contributed by atoms with Crippen LogP contribution in [0.1, 0.15) is 5.56 Å². The van der Waals surface area contributed by atoms with Crippen molar-refractivity contribution in [3.8, 4) is 11.8 Å².